The van der Waals surface area contributed by atoms with Crippen LogP contribution in [-0.4, -0.2) is 10.1 Å². The van der Waals surface area contributed by atoms with E-state index in [4.69, 9.17) is 0 Å². The summed E-state index contributed by atoms with van der Waals surface area (Å²) < 4.78 is 0.826. The van der Waals surface area contributed by atoms with Crippen LogP contribution in [0.2, 0.25) is 0 Å². The van der Waals surface area contributed by atoms with Gasteiger partial charge in [-0.1, -0.05) is 24.3 Å². The fourth-order valence-corrected chi connectivity index (χ4v) is 1.95. The zero-order valence-electron chi connectivity index (χ0n) is 9.23. The van der Waals surface area contributed by atoms with E-state index in [0.717, 1.165) is 21.5 Å². The molecule has 0 saturated heterocycles. The average molecular weight is 293 g/mol. The first kappa shape index (κ1) is 12.1. The fourth-order valence-electron chi connectivity index (χ4n) is 1.57. The van der Waals surface area contributed by atoms with Gasteiger partial charge in [-0.3, -0.25) is 0 Å². The lowest BCUT2D eigenvalue weighted by atomic mass is 10.2. The van der Waals surface area contributed by atoms with E-state index in [1.807, 2.05) is 42.5 Å². The molecule has 3 nitrogen and oxygen atoms in total. The Morgan fingerprint density at radius 2 is 1.94 bits per heavy atom. The number of aliphatic hydroxyl groups excluding tert-OH is 1. The number of aliphatic hydroxyl groups is 1. The van der Waals surface area contributed by atoms with Crippen LogP contribution in [0.15, 0.2) is 47.1 Å². The SMILES string of the molecule is OCc1ccccc1NCc1cccc(Br)n1. The van der Waals surface area contributed by atoms with Gasteiger partial charge in [-0.2, -0.15) is 0 Å². The lowest BCUT2D eigenvalue weighted by Gasteiger charge is -2.10. The second kappa shape index (κ2) is 5.80. The summed E-state index contributed by atoms with van der Waals surface area (Å²) in [6.07, 6.45) is 0. The number of pyridine rings is 1. The Kier molecular flexibility index (Phi) is 4.12. The Morgan fingerprint density at radius 1 is 1.12 bits per heavy atom. The molecule has 2 N–H and O–H groups in total. The third-order valence-corrected chi connectivity index (χ3v) is 2.86. The van der Waals surface area contributed by atoms with Gasteiger partial charge in [0.05, 0.1) is 18.8 Å². The lowest BCUT2D eigenvalue weighted by Crippen LogP contribution is -2.04. The highest BCUT2D eigenvalue weighted by atomic mass is 79.9. The molecule has 0 bridgehead atoms. The molecule has 4 heteroatoms. The van der Waals surface area contributed by atoms with Gasteiger partial charge in [0.25, 0.3) is 0 Å². The number of para-hydroxylation sites is 1. The van der Waals surface area contributed by atoms with Gasteiger partial charge in [0.1, 0.15) is 4.60 Å². The minimum atomic E-state index is 0.0368. The Labute approximate surface area is 109 Å². The first-order valence-corrected chi connectivity index (χ1v) is 6.13. The molecule has 17 heavy (non-hydrogen) atoms. The van der Waals surface area contributed by atoms with Crippen LogP contribution in [-0.2, 0) is 13.2 Å². The molecule has 88 valence electrons. The first-order chi connectivity index (χ1) is 8.29. The van der Waals surface area contributed by atoms with Crippen molar-refractivity contribution < 1.29 is 5.11 Å². The van der Waals surface area contributed by atoms with Gasteiger partial charge in [-0.05, 0) is 34.1 Å². The molecule has 0 atom stereocenters. The molecule has 0 radical (unpaired) electrons. The highest BCUT2D eigenvalue weighted by Gasteiger charge is 2.00. The quantitative estimate of drug-likeness (QED) is 0.852. The largest absolute Gasteiger partial charge is 0.392 e. The minimum absolute atomic E-state index is 0.0368. The van der Waals surface area contributed by atoms with E-state index in [1.54, 1.807) is 0 Å². The summed E-state index contributed by atoms with van der Waals surface area (Å²) in [6.45, 7) is 0.672. The van der Waals surface area contributed by atoms with Gasteiger partial charge in [0.15, 0.2) is 0 Å². The van der Waals surface area contributed by atoms with E-state index in [2.05, 4.69) is 26.2 Å². The van der Waals surface area contributed by atoms with E-state index >= 15 is 0 Å². The second-order valence-corrected chi connectivity index (χ2v) is 4.43. The zero-order chi connectivity index (χ0) is 12.1. The molecule has 2 rings (SSSR count). The van der Waals surface area contributed by atoms with Gasteiger partial charge >= 0.3 is 0 Å². The van der Waals surface area contributed by atoms with Crippen LogP contribution in [0, 0.1) is 0 Å². The van der Waals surface area contributed by atoms with Crippen molar-refractivity contribution in [3.8, 4) is 0 Å². The molecule has 2 aromatic rings. The van der Waals surface area contributed by atoms with Gasteiger partial charge in [0.2, 0.25) is 0 Å². The first-order valence-electron chi connectivity index (χ1n) is 5.33. The number of nitrogens with zero attached hydrogens (tertiary/aromatic N) is 1. The molecule has 0 fully saturated rings. The van der Waals surface area contributed by atoms with Crippen molar-refractivity contribution in [2.45, 2.75) is 13.2 Å². The van der Waals surface area contributed by atoms with E-state index < -0.39 is 0 Å². The predicted octanol–water partition coefficient (Wildman–Crippen LogP) is 2.95. The third kappa shape index (κ3) is 3.28. The number of rotatable bonds is 4. The Hall–Kier alpha value is -1.39. The van der Waals surface area contributed by atoms with Crippen LogP contribution in [0.3, 0.4) is 0 Å². The maximum absolute atomic E-state index is 9.20. The highest BCUT2D eigenvalue weighted by Crippen LogP contribution is 2.16. The van der Waals surface area contributed by atoms with Crippen LogP contribution < -0.4 is 5.32 Å². The molecular weight excluding hydrogens is 280 g/mol. The van der Waals surface area contributed by atoms with Gasteiger partial charge in [0, 0.05) is 11.3 Å². The van der Waals surface area contributed by atoms with E-state index in [-0.39, 0.29) is 6.61 Å². The predicted molar refractivity (Wildman–Crippen MR) is 71.6 cm³/mol. The molecule has 0 aliphatic rings. The summed E-state index contributed by atoms with van der Waals surface area (Å²) in [5.41, 5.74) is 2.78. The van der Waals surface area contributed by atoms with Gasteiger partial charge in [-0.25, -0.2) is 4.98 Å². The van der Waals surface area contributed by atoms with Crippen molar-refractivity contribution in [2.24, 2.45) is 0 Å². The zero-order valence-corrected chi connectivity index (χ0v) is 10.8. The minimum Gasteiger partial charge on any atom is -0.392 e. The van der Waals surface area contributed by atoms with E-state index in [0.29, 0.717) is 6.54 Å². The number of hydrogen-bond donors (Lipinski definition) is 2. The van der Waals surface area contributed by atoms with Crippen molar-refractivity contribution in [3.63, 3.8) is 0 Å². The van der Waals surface area contributed by atoms with Crippen LogP contribution in [0.25, 0.3) is 0 Å². The van der Waals surface area contributed by atoms with Crippen molar-refractivity contribution in [3.05, 3.63) is 58.3 Å². The van der Waals surface area contributed by atoms with Crippen LogP contribution in [0.5, 0.6) is 0 Å². The number of nitrogens with one attached hydrogen (secondary N) is 1. The molecule has 0 amide bonds. The summed E-state index contributed by atoms with van der Waals surface area (Å²) >= 11 is 3.34. The Balaban J connectivity index is 2.07. The third-order valence-electron chi connectivity index (χ3n) is 2.42. The van der Waals surface area contributed by atoms with Gasteiger partial charge < -0.3 is 10.4 Å². The highest BCUT2D eigenvalue weighted by molar-refractivity contribution is 9.10. The average Bonchev–Trinajstić information content (AvgIpc) is 2.37. The van der Waals surface area contributed by atoms with E-state index in [9.17, 15) is 5.11 Å². The van der Waals surface area contributed by atoms with Crippen molar-refractivity contribution in [1.29, 1.82) is 0 Å². The summed E-state index contributed by atoms with van der Waals surface area (Å²) in [4.78, 5) is 4.34. The maximum atomic E-state index is 9.20. The smallest absolute Gasteiger partial charge is 0.106 e. The van der Waals surface area contributed by atoms with E-state index in [1.165, 1.54) is 0 Å². The standard InChI is InChI=1S/C13H13BrN2O/c14-13-7-3-5-11(16-13)8-15-12-6-2-1-4-10(12)9-17/h1-7,15,17H,8-9H2. The normalized spacial score (nSPS) is 10.2. The molecule has 0 unspecified atom stereocenters. The molecule has 0 aliphatic carbocycles. The topological polar surface area (TPSA) is 45.1 Å². The van der Waals surface area contributed by atoms with Crippen molar-refractivity contribution in [2.75, 3.05) is 5.32 Å². The number of benzene rings is 1. The maximum Gasteiger partial charge on any atom is 0.106 e. The monoisotopic (exact) mass is 292 g/mol. The van der Waals surface area contributed by atoms with Crippen molar-refractivity contribution in [1.82, 2.24) is 4.98 Å². The molecule has 0 saturated carbocycles. The number of anilines is 1. The lowest BCUT2D eigenvalue weighted by molar-refractivity contribution is 0.282. The van der Waals surface area contributed by atoms with Crippen LogP contribution in [0.1, 0.15) is 11.3 Å². The van der Waals surface area contributed by atoms with Crippen LogP contribution >= 0.6 is 15.9 Å². The summed E-state index contributed by atoms with van der Waals surface area (Å²) in [6, 6.07) is 13.5. The molecule has 0 spiro atoms. The molecule has 1 aromatic heterocycles. The Bertz CT molecular complexity index is 502. The Morgan fingerprint density at radius 3 is 2.71 bits per heavy atom. The van der Waals surface area contributed by atoms with Crippen LogP contribution in [0.4, 0.5) is 5.69 Å². The summed E-state index contributed by atoms with van der Waals surface area (Å²) in [7, 11) is 0. The second-order valence-electron chi connectivity index (χ2n) is 3.62. The molecular formula is C13H13BrN2O. The fraction of sp³-hybridized carbons (Fsp3) is 0.154. The summed E-state index contributed by atoms with van der Waals surface area (Å²) in [5, 5.41) is 12.5. The number of halogens is 1. The van der Waals surface area contributed by atoms with Crippen molar-refractivity contribution >= 4 is 21.6 Å². The molecule has 0 aliphatic heterocycles. The number of hydrogen-bond acceptors (Lipinski definition) is 3. The molecule has 1 heterocycles. The molecule has 1 aromatic carbocycles. The van der Waals surface area contributed by atoms with Gasteiger partial charge in [-0.15, -0.1) is 0 Å². The summed E-state index contributed by atoms with van der Waals surface area (Å²) in [5.74, 6) is 0. The number of aromatic nitrogens is 1.